The Morgan fingerprint density at radius 3 is 3.05 bits per heavy atom. The van der Waals surface area contributed by atoms with Crippen LogP contribution in [0, 0.1) is 11.8 Å². The number of pyridine rings is 1. The Hall–Kier alpha value is -1.58. The van der Waals surface area contributed by atoms with Crippen LogP contribution in [-0.2, 0) is 4.74 Å². The summed E-state index contributed by atoms with van der Waals surface area (Å²) in [5.41, 5.74) is 0.524. The van der Waals surface area contributed by atoms with Crippen LogP contribution in [-0.4, -0.2) is 24.1 Å². The number of esters is 1. The maximum atomic E-state index is 11.8. The van der Waals surface area contributed by atoms with Gasteiger partial charge < -0.3 is 10.1 Å². The highest BCUT2D eigenvalue weighted by Gasteiger charge is 2.22. The molecule has 0 amide bonds. The standard InChI is InChI=1S/C15H22N2O2/c1-3-19-15(18)13-5-4-8-16-14(13)17-10-12-7-6-11(2)9-12/h4-5,8,11-12H,3,6-7,9-10H2,1-2H3,(H,16,17). The van der Waals surface area contributed by atoms with E-state index in [0.29, 0.717) is 23.9 Å². The average Bonchev–Trinajstić information content (AvgIpc) is 2.83. The predicted molar refractivity (Wildman–Crippen MR) is 75.2 cm³/mol. The van der Waals surface area contributed by atoms with Crippen molar-refractivity contribution >= 4 is 11.8 Å². The minimum absolute atomic E-state index is 0.308. The minimum atomic E-state index is -0.308. The van der Waals surface area contributed by atoms with Crippen molar-refractivity contribution in [2.24, 2.45) is 11.8 Å². The number of anilines is 1. The topological polar surface area (TPSA) is 51.2 Å². The summed E-state index contributed by atoms with van der Waals surface area (Å²) in [7, 11) is 0. The van der Waals surface area contributed by atoms with Crippen molar-refractivity contribution < 1.29 is 9.53 Å². The summed E-state index contributed by atoms with van der Waals surface area (Å²) in [5, 5.41) is 3.30. The van der Waals surface area contributed by atoms with Crippen molar-refractivity contribution in [3.8, 4) is 0 Å². The number of rotatable bonds is 5. The molecule has 1 aromatic heterocycles. The molecule has 0 saturated heterocycles. The van der Waals surface area contributed by atoms with E-state index in [9.17, 15) is 4.79 Å². The van der Waals surface area contributed by atoms with Gasteiger partial charge in [-0.25, -0.2) is 9.78 Å². The van der Waals surface area contributed by atoms with E-state index in [1.807, 2.05) is 0 Å². The third kappa shape index (κ3) is 3.69. The first-order valence-corrected chi connectivity index (χ1v) is 7.06. The number of hydrogen-bond acceptors (Lipinski definition) is 4. The molecule has 1 saturated carbocycles. The molecule has 1 N–H and O–H groups in total. The van der Waals surface area contributed by atoms with Crippen molar-refractivity contribution in [1.82, 2.24) is 4.98 Å². The van der Waals surface area contributed by atoms with Gasteiger partial charge in [-0.3, -0.25) is 0 Å². The smallest absolute Gasteiger partial charge is 0.341 e. The maximum absolute atomic E-state index is 11.8. The molecule has 1 heterocycles. The molecule has 1 aliphatic carbocycles. The molecular weight excluding hydrogens is 240 g/mol. The second-order valence-corrected chi connectivity index (χ2v) is 5.29. The summed E-state index contributed by atoms with van der Waals surface area (Å²) in [4.78, 5) is 16.1. The number of carbonyl (C=O) groups is 1. The summed E-state index contributed by atoms with van der Waals surface area (Å²) in [6, 6.07) is 3.51. The second kappa shape index (κ2) is 6.55. The lowest BCUT2D eigenvalue weighted by atomic mass is 10.1. The molecule has 2 atom stereocenters. The molecule has 0 spiro atoms. The average molecular weight is 262 g/mol. The van der Waals surface area contributed by atoms with Crippen molar-refractivity contribution in [3.05, 3.63) is 23.9 Å². The van der Waals surface area contributed by atoms with Gasteiger partial charge in [0.2, 0.25) is 0 Å². The molecule has 2 rings (SSSR count). The zero-order chi connectivity index (χ0) is 13.7. The highest BCUT2D eigenvalue weighted by molar-refractivity contribution is 5.94. The molecule has 19 heavy (non-hydrogen) atoms. The van der Waals surface area contributed by atoms with Gasteiger partial charge in [-0.05, 0) is 43.7 Å². The number of carbonyl (C=O) groups excluding carboxylic acids is 1. The highest BCUT2D eigenvalue weighted by atomic mass is 16.5. The molecule has 1 aliphatic rings. The highest BCUT2D eigenvalue weighted by Crippen LogP contribution is 2.30. The molecule has 1 aromatic rings. The summed E-state index contributed by atoms with van der Waals surface area (Å²) >= 11 is 0. The summed E-state index contributed by atoms with van der Waals surface area (Å²) in [5.74, 6) is 1.84. The molecule has 0 radical (unpaired) electrons. The first-order valence-electron chi connectivity index (χ1n) is 7.06. The molecular formula is C15H22N2O2. The molecule has 0 bridgehead atoms. The Morgan fingerprint density at radius 1 is 1.53 bits per heavy atom. The lowest BCUT2D eigenvalue weighted by Crippen LogP contribution is -2.16. The number of aromatic nitrogens is 1. The lowest BCUT2D eigenvalue weighted by Gasteiger charge is -2.13. The molecule has 1 fully saturated rings. The fourth-order valence-corrected chi connectivity index (χ4v) is 2.67. The minimum Gasteiger partial charge on any atom is -0.462 e. The third-order valence-corrected chi connectivity index (χ3v) is 3.66. The van der Waals surface area contributed by atoms with E-state index in [4.69, 9.17) is 4.74 Å². The number of nitrogens with one attached hydrogen (secondary N) is 1. The molecule has 0 aliphatic heterocycles. The Labute approximate surface area is 114 Å². The van der Waals surface area contributed by atoms with Crippen LogP contribution < -0.4 is 5.32 Å². The van der Waals surface area contributed by atoms with E-state index in [0.717, 1.165) is 12.5 Å². The van der Waals surface area contributed by atoms with E-state index in [1.165, 1.54) is 19.3 Å². The van der Waals surface area contributed by atoms with E-state index in [1.54, 1.807) is 25.3 Å². The second-order valence-electron chi connectivity index (χ2n) is 5.29. The van der Waals surface area contributed by atoms with Gasteiger partial charge >= 0.3 is 5.97 Å². The van der Waals surface area contributed by atoms with Gasteiger partial charge in [0, 0.05) is 12.7 Å². The van der Waals surface area contributed by atoms with Gasteiger partial charge in [-0.1, -0.05) is 13.3 Å². The Balaban J connectivity index is 1.97. The van der Waals surface area contributed by atoms with E-state index < -0.39 is 0 Å². The first-order chi connectivity index (χ1) is 9.20. The van der Waals surface area contributed by atoms with Gasteiger partial charge in [-0.2, -0.15) is 0 Å². The molecule has 4 heteroatoms. The van der Waals surface area contributed by atoms with E-state index >= 15 is 0 Å². The van der Waals surface area contributed by atoms with Crippen LogP contribution in [0.15, 0.2) is 18.3 Å². The normalized spacial score (nSPS) is 22.2. The quantitative estimate of drug-likeness (QED) is 0.828. The zero-order valence-electron chi connectivity index (χ0n) is 11.7. The van der Waals surface area contributed by atoms with Crippen LogP contribution in [0.2, 0.25) is 0 Å². The van der Waals surface area contributed by atoms with Crippen molar-refractivity contribution in [3.63, 3.8) is 0 Å². The van der Waals surface area contributed by atoms with Gasteiger partial charge in [0.25, 0.3) is 0 Å². The van der Waals surface area contributed by atoms with Crippen LogP contribution in [0.3, 0.4) is 0 Å². The van der Waals surface area contributed by atoms with Crippen molar-refractivity contribution in [2.45, 2.75) is 33.1 Å². The fourth-order valence-electron chi connectivity index (χ4n) is 2.67. The Bertz CT molecular complexity index is 434. The van der Waals surface area contributed by atoms with Crippen LogP contribution in [0.1, 0.15) is 43.5 Å². The maximum Gasteiger partial charge on any atom is 0.341 e. The van der Waals surface area contributed by atoms with Crippen molar-refractivity contribution in [1.29, 1.82) is 0 Å². The molecule has 104 valence electrons. The van der Waals surface area contributed by atoms with E-state index in [-0.39, 0.29) is 5.97 Å². The Kier molecular flexibility index (Phi) is 4.77. The largest absolute Gasteiger partial charge is 0.462 e. The van der Waals surface area contributed by atoms with Gasteiger partial charge in [0.15, 0.2) is 0 Å². The van der Waals surface area contributed by atoms with Crippen LogP contribution in [0.4, 0.5) is 5.82 Å². The third-order valence-electron chi connectivity index (χ3n) is 3.66. The van der Waals surface area contributed by atoms with Gasteiger partial charge in [-0.15, -0.1) is 0 Å². The molecule has 4 nitrogen and oxygen atoms in total. The fraction of sp³-hybridized carbons (Fsp3) is 0.600. The summed E-state index contributed by atoms with van der Waals surface area (Å²) in [6.07, 6.45) is 5.52. The number of nitrogens with zero attached hydrogens (tertiary/aromatic N) is 1. The van der Waals surface area contributed by atoms with Crippen LogP contribution >= 0.6 is 0 Å². The number of ether oxygens (including phenoxy) is 1. The van der Waals surface area contributed by atoms with Crippen LogP contribution in [0.5, 0.6) is 0 Å². The predicted octanol–water partition coefficient (Wildman–Crippen LogP) is 3.11. The SMILES string of the molecule is CCOC(=O)c1cccnc1NCC1CCC(C)C1. The lowest BCUT2D eigenvalue weighted by molar-refractivity contribution is 0.0527. The van der Waals surface area contributed by atoms with Crippen molar-refractivity contribution in [2.75, 3.05) is 18.5 Å². The molecule has 0 aromatic carbocycles. The summed E-state index contributed by atoms with van der Waals surface area (Å²) in [6.45, 7) is 5.37. The van der Waals surface area contributed by atoms with Gasteiger partial charge in [0.05, 0.1) is 6.61 Å². The molecule has 2 unspecified atom stereocenters. The monoisotopic (exact) mass is 262 g/mol. The zero-order valence-corrected chi connectivity index (χ0v) is 11.7. The van der Waals surface area contributed by atoms with Gasteiger partial charge in [0.1, 0.15) is 11.4 Å². The number of hydrogen-bond donors (Lipinski definition) is 1. The summed E-state index contributed by atoms with van der Waals surface area (Å²) < 4.78 is 5.04. The first kappa shape index (κ1) is 13.8. The van der Waals surface area contributed by atoms with Crippen LogP contribution in [0.25, 0.3) is 0 Å². The van der Waals surface area contributed by atoms with E-state index in [2.05, 4.69) is 17.2 Å². The Morgan fingerprint density at radius 2 is 2.37 bits per heavy atom.